The smallest absolute Gasteiger partial charge is 0.141 e. The van der Waals surface area contributed by atoms with E-state index in [1.807, 2.05) is 32.9 Å². The third-order valence-corrected chi connectivity index (χ3v) is 4.69. The van der Waals surface area contributed by atoms with Crippen LogP contribution in [0, 0.1) is 20.8 Å². The second-order valence-electron chi connectivity index (χ2n) is 6.53. The van der Waals surface area contributed by atoms with E-state index < -0.39 is 0 Å². The first-order chi connectivity index (χ1) is 12.5. The predicted octanol–water partition coefficient (Wildman–Crippen LogP) is 4.35. The number of nitrogens with one attached hydrogen (secondary N) is 1. The molecule has 132 valence electrons. The molecule has 26 heavy (non-hydrogen) atoms. The highest BCUT2D eigenvalue weighted by molar-refractivity contribution is 5.97. The van der Waals surface area contributed by atoms with E-state index in [2.05, 4.69) is 34.2 Å². The minimum Gasteiger partial charge on any atom is -0.384 e. The van der Waals surface area contributed by atoms with Crippen molar-refractivity contribution in [2.24, 2.45) is 0 Å². The highest BCUT2D eigenvalue weighted by Crippen LogP contribution is 2.36. The van der Waals surface area contributed by atoms with Gasteiger partial charge in [-0.05, 0) is 50.6 Å². The summed E-state index contributed by atoms with van der Waals surface area (Å²) in [5.41, 5.74) is 13.6. The van der Waals surface area contributed by atoms with E-state index >= 15 is 0 Å². The van der Waals surface area contributed by atoms with Gasteiger partial charge in [0.25, 0.3) is 0 Å². The number of hydrogen-bond acceptors (Lipinski definition) is 5. The lowest BCUT2D eigenvalue weighted by molar-refractivity contribution is 0.393. The zero-order valence-corrected chi connectivity index (χ0v) is 15.3. The second kappa shape index (κ2) is 5.98. The van der Waals surface area contributed by atoms with Gasteiger partial charge in [-0.1, -0.05) is 12.1 Å². The van der Waals surface area contributed by atoms with Crippen LogP contribution in [0.5, 0.6) is 0 Å². The maximum Gasteiger partial charge on any atom is 0.141 e. The van der Waals surface area contributed by atoms with Crippen molar-refractivity contribution >= 4 is 16.9 Å². The van der Waals surface area contributed by atoms with Gasteiger partial charge in [-0.2, -0.15) is 0 Å². The molecule has 3 heterocycles. The first kappa shape index (κ1) is 16.3. The molecule has 3 N–H and O–H groups in total. The van der Waals surface area contributed by atoms with Gasteiger partial charge >= 0.3 is 0 Å². The van der Waals surface area contributed by atoms with Crippen LogP contribution < -0.4 is 5.73 Å². The molecule has 6 heteroatoms. The lowest BCUT2D eigenvalue weighted by atomic mass is 9.96. The molecule has 0 aliphatic rings. The molecule has 0 radical (unpaired) electrons. The van der Waals surface area contributed by atoms with Crippen molar-refractivity contribution in [1.82, 2.24) is 20.1 Å². The fourth-order valence-corrected chi connectivity index (χ4v) is 3.45. The monoisotopic (exact) mass is 347 g/mol. The Morgan fingerprint density at radius 2 is 1.85 bits per heavy atom. The maximum atomic E-state index is 5.84. The number of rotatable bonds is 3. The number of anilines is 1. The van der Waals surface area contributed by atoms with Crippen molar-refractivity contribution in [3.8, 4) is 22.3 Å². The fraction of sp³-hybridized carbons (Fsp3) is 0.250. The molecule has 6 nitrogen and oxygen atoms in total. The predicted molar refractivity (Wildman–Crippen MR) is 103 cm³/mol. The Morgan fingerprint density at radius 1 is 1.04 bits per heavy atom. The van der Waals surface area contributed by atoms with Crippen molar-refractivity contribution in [1.29, 1.82) is 0 Å². The average molecular weight is 347 g/mol. The standard InChI is InChI=1S/C20H21N5O/c1-5-18-23-16-9-13(19-11(3)25-26-12(19)4)8-15(20(16)24-18)14-6-7-17(21)22-10(14)2/h6-9H,5H2,1-4H3,(H2,21,22)(H,23,24). The second-order valence-corrected chi connectivity index (χ2v) is 6.53. The molecular weight excluding hydrogens is 326 g/mol. The van der Waals surface area contributed by atoms with Gasteiger partial charge in [0.15, 0.2) is 0 Å². The van der Waals surface area contributed by atoms with E-state index in [9.17, 15) is 0 Å². The van der Waals surface area contributed by atoms with Crippen LogP contribution in [0.25, 0.3) is 33.3 Å². The Hall–Kier alpha value is -3.15. The van der Waals surface area contributed by atoms with Gasteiger partial charge in [0.1, 0.15) is 17.4 Å². The fourth-order valence-electron chi connectivity index (χ4n) is 3.45. The number of aromatic amines is 1. The molecule has 0 unspecified atom stereocenters. The SMILES string of the molecule is CCc1nc2c(-c3ccc(N)nc3C)cc(-c3c(C)noc3C)cc2[nH]1. The Kier molecular flexibility index (Phi) is 3.76. The third-order valence-electron chi connectivity index (χ3n) is 4.69. The molecule has 0 spiro atoms. The number of aryl methyl sites for hydroxylation is 4. The van der Waals surface area contributed by atoms with Crippen molar-refractivity contribution < 1.29 is 4.52 Å². The van der Waals surface area contributed by atoms with Gasteiger partial charge in [-0.25, -0.2) is 9.97 Å². The van der Waals surface area contributed by atoms with Crippen LogP contribution in [-0.4, -0.2) is 20.1 Å². The third kappa shape index (κ3) is 2.54. The van der Waals surface area contributed by atoms with Crippen LogP contribution >= 0.6 is 0 Å². The quantitative estimate of drug-likeness (QED) is 0.574. The van der Waals surface area contributed by atoms with Crippen LogP contribution in [0.4, 0.5) is 5.82 Å². The summed E-state index contributed by atoms with van der Waals surface area (Å²) in [6.45, 7) is 7.94. The number of hydrogen-bond donors (Lipinski definition) is 2. The first-order valence-electron chi connectivity index (χ1n) is 8.67. The van der Waals surface area contributed by atoms with Crippen LogP contribution in [-0.2, 0) is 6.42 Å². The Balaban J connectivity index is 2.05. The summed E-state index contributed by atoms with van der Waals surface area (Å²) in [5.74, 6) is 2.27. The zero-order valence-electron chi connectivity index (χ0n) is 15.3. The Morgan fingerprint density at radius 3 is 2.50 bits per heavy atom. The van der Waals surface area contributed by atoms with E-state index in [1.54, 1.807) is 0 Å². The molecule has 0 aliphatic heterocycles. The van der Waals surface area contributed by atoms with Crippen LogP contribution in [0.15, 0.2) is 28.8 Å². The number of benzene rings is 1. The molecule has 0 amide bonds. The molecule has 0 bridgehead atoms. The van der Waals surface area contributed by atoms with Crippen LogP contribution in [0.3, 0.4) is 0 Å². The average Bonchev–Trinajstić information content (AvgIpc) is 3.17. The molecule has 0 aliphatic carbocycles. The molecule has 0 saturated heterocycles. The first-order valence-corrected chi connectivity index (χ1v) is 8.67. The van der Waals surface area contributed by atoms with E-state index in [0.29, 0.717) is 5.82 Å². The topological polar surface area (TPSA) is 93.6 Å². The molecule has 0 fully saturated rings. The number of pyridine rings is 1. The Labute approximate surface area is 151 Å². The molecule has 4 aromatic rings. The number of H-pyrrole nitrogens is 1. The van der Waals surface area contributed by atoms with Gasteiger partial charge in [0.2, 0.25) is 0 Å². The Bertz CT molecular complexity index is 1100. The summed E-state index contributed by atoms with van der Waals surface area (Å²) in [7, 11) is 0. The number of fused-ring (bicyclic) bond motifs is 1. The molecular formula is C20H21N5O. The number of nitrogens with two attached hydrogens (primary N) is 1. The van der Waals surface area contributed by atoms with Crippen molar-refractivity contribution in [3.63, 3.8) is 0 Å². The van der Waals surface area contributed by atoms with E-state index in [0.717, 1.165) is 62.7 Å². The van der Waals surface area contributed by atoms with Gasteiger partial charge in [-0.3, -0.25) is 0 Å². The van der Waals surface area contributed by atoms with E-state index in [4.69, 9.17) is 15.2 Å². The number of nitrogen functional groups attached to an aromatic ring is 1. The zero-order chi connectivity index (χ0) is 18.4. The number of aromatic nitrogens is 4. The summed E-state index contributed by atoms with van der Waals surface area (Å²) in [5, 5.41) is 4.10. The van der Waals surface area contributed by atoms with Gasteiger partial charge in [0, 0.05) is 28.8 Å². The number of nitrogens with zero attached hydrogens (tertiary/aromatic N) is 3. The summed E-state index contributed by atoms with van der Waals surface area (Å²) in [6.07, 6.45) is 0.841. The minimum absolute atomic E-state index is 0.514. The minimum atomic E-state index is 0.514. The maximum absolute atomic E-state index is 5.84. The molecule has 1 aromatic carbocycles. The summed E-state index contributed by atoms with van der Waals surface area (Å²) >= 11 is 0. The molecule has 4 rings (SSSR count). The van der Waals surface area contributed by atoms with E-state index in [1.165, 1.54) is 0 Å². The molecule has 0 saturated carbocycles. The summed E-state index contributed by atoms with van der Waals surface area (Å²) in [4.78, 5) is 12.6. The normalized spacial score (nSPS) is 11.4. The lowest BCUT2D eigenvalue weighted by Crippen LogP contribution is -1.95. The van der Waals surface area contributed by atoms with Gasteiger partial charge in [-0.15, -0.1) is 0 Å². The largest absolute Gasteiger partial charge is 0.384 e. The number of imidazole rings is 1. The summed E-state index contributed by atoms with van der Waals surface area (Å²) in [6, 6.07) is 8.07. The highest BCUT2D eigenvalue weighted by Gasteiger charge is 2.18. The van der Waals surface area contributed by atoms with Crippen molar-refractivity contribution in [2.75, 3.05) is 5.73 Å². The summed E-state index contributed by atoms with van der Waals surface area (Å²) < 4.78 is 5.37. The van der Waals surface area contributed by atoms with Crippen LogP contribution in [0.2, 0.25) is 0 Å². The lowest BCUT2D eigenvalue weighted by Gasteiger charge is -2.10. The molecule has 0 atom stereocenters. The molecule has 3 aromatic heterocycles. The van der Waals surface area contributed by atoms with Crippen LogP contribution in [0.1, 0.15) is 29.9 Å². The highest BCUT2D eigenvalue weighted by atomic mass is 16.5. The van der Waals surface area contributed by atoms with Crippen molar-refractivity contribution in [3.05, 3.63) is 47.2 Å². The van der Waals surface area contributed by atoms with Gasteiger partial charge in [0.05, 0.1) is 16.7 Å². The van der Waals surface area contributed by atoms with Crippen molar-refractivity contribution in [2.45, 2.75) is 34.1 Å². The van der Waals surface area contributed by atoms with Gasteiger partial charge < -0.3 is 15.2 Å². The van der Waals surface area contributed by atoms with E-state index in [-0.39, 0.29) is 0 Å².